The zero-order chi connectivity index (χ0) is 22.7. The molecule has 2 heterocycles. The van der Waals surface area contributed by atoms with Crippen molar-refractivity contribution in [2.75, 3.05) is 26.2 Å². The van der Waals surface area contributed by atoms with Crippen LogP contribution < -0.4 is 4.74 Å². The molecule has 0 bridgehead atoms. The maximum Gasteiger partial charge on any atom is 0.254 e. The highest BCUT2D eigenvalue weighted by Gasteiger charge is 2.26. The van der Waals surface area contributed by atoms with Crippen molar-refractivity contribution in [1.29, 1.82) is 0 Å². The number of amides is 2. The van der Waals surface area contributed by atoms with Crippen molar-refractivity contribution in [3.63, 3.8) is 0 Å². The zero-order valence-electron chi connectivity index (χ0n) is 18.0. The van der Waals surface area contributed by atoms with Crippen LogP contribution >= 0.6 is 11.6 Å². The number of benzene rings is 2. The van der Waals surface area contributed by atoms with Gasteiger partial charge in [0.05, 0.1) is 11.3 Å². The van der Waals surface area contributed by atoms with Gasteiger partial charge >= 0.3 is 0 Å². The molecule has 4 rings (SSSR count). The van der Waals surface area contributed by atoms with E-state index in [-0.39, 0.29) is 11.8 Å². The van der Waals surface area contributed by atoms with Gasteiger partial charge in [-0.15, -0.1) is 0 Å². The van der Waals surface area contributed by atoms with Gasteiger partial charge in [-0.3, -0.25) is 9.59 Å². The number of aryl methyl sites for hydroxylation is 2. The summed E-state index contributed by atoms with van der Waals surface area (Å²) >= 11 is 6.00. The van der Waals surface area contributed by atoms with E-state index >= 15 is 0 Å². The molecule has 7 nitrogen and oxygen atoms in total. The van der Waals surface area contributed by atoms with E-state index in [2.05, 4.69) is 5.16 Å². The Bertz CT molecular complexity index is 1120. The van der Waals surface area contributed by atoms with E-state index < -0.39 is 0 Å². The van der Waals surface area contributed by atoms with Crippen LogP contribution in [0.2, 0.25) is 5.02 Å². The predicted octanol–water partition coefficient (Wildman–Crippen LogP) is 4.12. The van der Waals surface area contributed by atoms with Crippen molar-refractivity contribution in [3.8, 4) is 5.75 Å². The molecule has 2 amide bonds. The Morgan fingerprint density at radius 1 is 0.969 bits per heavy atom. The molecule has 0 spiro atoms. The summed E-state index contributed by atoms with van der Waals surface area (Å²) in [7, 11) is 0. The maximum absolute atomic E-state index is 13.0. The number of piperazine rings is 1. The maximum atomic E-state index is 13.0. The second-order valence-electron chi connectivity index (χ2n) is 7.71. The highest BCUT2D eigenvalue weighted by atomic mass is 35.5. The lowest BCUT2D eigenvalue weighted by molar-refractivity contribution is 0.0535. The predicted molar refractivity (Wildman–Crippen MR) is 120 cm³/mol. The summed E-state index contributed by atoms with van der Waals surface area (Å²) in [5.74, 6) is 1.17. The summed E-state index contributed by atoms with van der Waals surface area (Å²) in [5.41, 5.74) is 2.80. The number of aromatic nitrogens is 1. The number of carbonyl (C=O) groups is 2. The van der Waals surface area contributed by atoms with E-state index in [0.717, 1.165) is 17.0 Å². The number of rotatable bonds is 5. The van der Waals surface area contributed by atoms with Crippen molar-refractivity contribution >= 4 is 23.4 Å². The minimum absolute atomic E-state index is 0.0747. The van der Waals surface area contributed by atoms with E-state index in [1.807, 2.05) is 19.9 Å². The highest BCUT2D eigenvalue weighted by Crippen LogP contribution is 2.20. The quantitative estimate of drug-likeness (QED) is 0.580. The fourth-order valence-electron chi connectivity index (χ4n) is 3.68. The van der Waals surface area contributed by atoms with E-state index in [1.54, 1.807) is 52.3 Å². The molecule has 0 N–H and O–H groups in total. The zero-order valence-corrected chi connectivity index (χ0v) is 18.8. The molecule has 1 saturated heterocycles. The molecule has 2 aromatic carbocycles. The average Bonchev–Trinajstić information content (AvgIpc) is 3.14. The second-order valence-corrected chi connectivity index (χ2v) is 8.15. The number of halogens is 1. The molecule has 0 unspecified atom stereocenters. The minimum Gasteiger partial charge on any atom is -0.489 e. The van der Waals surface area contributed by atoms with Gasteiger partial charge in [0.25, 0.3) is 11.8 Å². The minimum atomic E-state index is -0.0809. The van der Waals surface area contributed by atoms with E-state index in [4.69, 9.17) is 20.9 Å². The van der Waals surface area contributed by atoms with Gasteiger partial charge in [0.1, 0.15) is 18.1 Å². The van der Waals surface area contributed by atoms with Gasteiger partial charge in [0, 0.05) is 42.3 Å². The van der Waals surface area contributed by atoms with Gasteiger partial charge in [-0.25, -0.2) is 0 Å². The summed E-state index contributed by atoms with van der Waals surface area (Å²) in [4.78, 5) is 29.2. The SMILES string of the molecule is Cc1noc(C)c1COc1cccc(C(=O)N2CCN(C(=O)c3cccc(Cl)c3)CC2)c1. The molecule has 1 aliphatic heterocycles. The molecule has 0 radical (unpaired) electrons. The first-order valence-electron chi connectivity index (χ1n) is 10.4. The Labute approximate surface area is 191 Å². The van der Waals surface area contributed by atoms with E-state index in [1.165, 1.54) is 0 Å². The van der Waals surface area contributed by atoms with Gasteiger partial charge in [-0.2, -0.15) is 0 Å². The average molecular weight is 454 g/mol. The van der Waals surface area contributed by atoms with E-state index in [9.17, 15) is 9.59 Å². The topological polar surface area (TPSA) is 75.9 Å². The Balaban J connectivity index is 1.36. The van der Waals surface area contributed by atoms with E-state index in [0.29, 0.717) is 54.7 Å². The highest BCUT2D eigenvalue weighted by molar-refractivity contribution is 6.30. The Hall–Kier alpha value is -3.32. The van der Waals surface area contributed by atoms with Gasteiger partial charge < -0.3 is 19.1 Å². The summed E-state index contributed by atoms with van der Waals surface area (Å²) in [5, 5.41) is 4.46. The van der Waals surface area contributed by atoms with Gasteiger partial charge in [-0.05, 0) is 50.2 Å². The first-order valence-corrected chi connectivity index (χ1v) is 10.8. The molecule has 1 fully saturated rings. The lowest BCUT2D eigenvalue weighted by Crippen LogP contribution is -2.50. The van der Waals surface area contributed by atoms with Gasteiger partial charge in [0.2, 0.25) is 0 Å². The normalized spacial score (nSPS) is 13.8. The Morgan fingerprint density at radius 3 is 2.12 bits per heavy atom. The van der Waals surface area contributed by atoms with Crippen LogP contribution in [0.1, 0.15) is 37.7 Å². The molecule has 32 heavy (non-hydrogen) atoms. The number of hydrogen-bond donors (Lipinski definition) is 0. The standard InChI is InChI=1S/C24H24ClN3O4/c1-16-22(17(2)32-26-16)15-31-21-8-4-6-19(14-21)24(30)28-11-9-27(10-12-28)23(29)18-5-3-7-20(25)13-18/h3-8,13-14H,9-12,15H2,1-2H3. The van der Waals surface area contributed by atoms with Crippen LogP contribution in [0.4, 0.5) is 0 Å². The third kappa shape index (κ3) is 4.78. The Morgan fingerprint density at radius 2 is 1.56 bits per heavy atom. The summed E-state index contributed by atoms with van der Waals surface area (Å²) in [6.45, 7) is 5.91. The van der Waals surface area contributed by atoms with Crippen molar-refractivity contribution in [2.45, 2.75) is 20.5 Å². The third-order valence-corrected chi connectivity index (χ3v) is 5.81. The first-order chi connectivity index (χ1) is 15.4. The van der Waals surface area contributed by atoms with Crippen LogP contribution in [-0.4, -0.2) is 52.9 Å². The monoisotopic (exact) mass is 453 g/mol. The molecule has 3 aromatic rings. The van der Waals surface area contributed by atoms with Gasteiger partial charge in [0.15, 0.2) is 0 Å². The van der Waals surface area contributed by atoms with Crippen molar-refractivity contribution in [3.05, 3.63) is 81.7 Å². The van der Waals surface area contributed by atoms with Crippen LogP contribution in [0, 0.1) is 13.8 Å². The lowest BCUT2D eigenvalue weighted by Gasteiger charge is -2.35. The largest absolute Gasteiger partial charge is 0.489 e. The molecule has 1 aromatic heterocycles. The molecule has 8 heteroatoms. The number of carbonyl (C=O) groups excluding carboxylic acids is 2. The van der Waals surface area contributed by atoms with Crippen LogP contribution in [-0.2, 0) is 6.61 Å². The summed E-state index contributed by atoms with van der Waals surface area (Å²) < 4.78 is 11.0. The third-order valence-electron chi connectivity index (χ3n) is 5.57. The fourth-order valence-corrected chi connectivity index (χ4v) is 3.87. The smallest absolute Gasteiger partial charge is 0.254 e. The van der Waals surface area contributed by atoms with Crippen LogP contribution in [0.25, 0.3) is 0 Å². The van der Waals surface area contributed by atoms with Crippen molar-refractivity contribution in [1.82, 2.24) is 15.0 Å². The van der Waals surface area contributed by atoms with Gasteiger partial charge in [-0.1, -0.05) is 28.9 Å². The second kappa shape index (κ2) is 9.44. The molecule has 0 aliphatic carbocycles. The Kier molecular flexibility index (Phi) is 6.46. The summed E-state index contributed by atoms with van der Waals surface area (Å²) in [6, 6.07) is 14.0. The first kappa shape index (κ1) is 21.9. The molecule has 0 saturated carbocycles. The molecular formula is C24H24ClN3O4. The fraction of sp³-hybridized carbons (Fsp3) is 0.292. The summed E-state index contributed by atoms with van der Waals surface area (Å²) in [6.07, 6.45) is 0. The molecule has 0 atom stereocenters. The van der Waals surface area contributed by atoms with Crippen LogP contribution in [0.3, 0.4) is 0 Å². The molecule has 1 aliphatic rings. The number of hydrogen-bond acceptors (Lipinski definition) is 5. The van der Waals surface area contributed by atoms with Crippen LogP contribution in [0.5, 0.6) is 5.75 Å². The van der Waals surface area contributed by atoms with Crippen molar-refractivity contribution in [2.24, 2.45) is 0 Å². The number of nitrogens with zero attached hydrogens (tertiary/aromatic N) is 3. The number of ether oxygens (including phenoxy) is 1. The lowest BCUT2D eigenvalue weighted by atomic mass is 10.1. The van der Waals surface area contributed by atoms with Crippen LogP contribution in [0.15, 0.2) is 53.1 Å². The molecule has 166 valence electrons. The van der Waals surface area contributed by atoms with Crippen molar-refractivity contribution < 1.29 is 18.8 Å². The molecular weight excluding hydrogens is 430 g/mol.